The number of hydrogen-bond acceptors (Lipinski definition) is 2. The van der Waals surface area contributed by atoms with Crippen molar-refractivity contribution in [2.75, 3.05) is 0 Å². The largest absolute Gasteiger partial charge is 0.271 e. The zero-order valence-corrected chi connectivity index (χ0v) is 12.2. The van der Waals surface area contributed by atoms with Crippen molar-refractivity contribution < 1.29 is 0 Å². The van der Waals surface area contributed by atoms with Gasteiger partial charge in [-0.3, -0.25) is 11.3 Å². The summed E-state index contributed by atoms with van der Waals surface area (Å²) in [5.41, 5.74) is 4.12. The number of halogens is 2. The zero-order valence-electron chi connectivity index (χ0n) is 10.7. The van der Waals surface area contributed by atoms with Crippen LogP contribution in [0.4, 0.5) is 0 Å². The van der Waals surface area contributed by atoms with Crippen LogP contribution in [0.2, 0.25) is 10.0 Å². The summed E-state index contributed by atoms with van der Waals surface area (Å²) in [4.78, 5) is 0. The molecule has 1 aromatic carbocycles. The first-order chi connectivity index (χ1) is 8.58. The minimum Gasteiger partial charge on any atom is -0.271 e. The van der Waals surface area contributed by atoms with Gasteiger partial charge in [0.1, 0.15) is 0 Å². The summed E-state index contributed by atoms with van der Waals surface area (Å²) in [6, 6.07) is 5.81. The molecule has 4 heteroatoms. The van der Waals surface area contributed by atoms with Gasteiger partial charge in [0, 0.05) is 0 Å². The topological polar surface area (TPSA) is 38.0 Å². The normalized spacial score (nSPS) is 20.7. The van der Waals surface area contributed by atoms with Crippen molar-refractivity contribution in [1.82, 2.24) is 5.43 Å². The highest BCUT2D eigenvalue weighted by Gasteiger charge is 2.36. The van der Waals surface area contributed by atoms with E-state index in [0.29, 0.717) is 10.0 Å². The van der Waals surface area contributed by atoms with Crippen LogP contribution in [-0.4, -0.2) is 0 Å². The van der Waals surface area contributed by atoms with E-state index in [1.54, 1.807) is 0 Å². The van der Waals surface area contributed by atoms with Crippen molar-refractivity contribution in [3.8, 4) is 0 Å². The molecule has 0 aromatic heterocycles. The van der Waals surface area contributed by atoms with Crippen LogP contribution in [0.3, 0.4) is 0 Å². The molecule has 0 radical (unpaired) electrons. The minimum absolute atomic E-state index is 0.0593. The van der Waals surface area contributed by atoms with Gasteiger partial charge in [0.2, 0.25) is 0 Å². The first-order valence-corrected chi connectivity index (χ1v) is 7.24. The Labute approximate surface area is 119 Å². The molecule has 0 bridgehead atoms. The van der Waals surface area contributed by atoms with Crippen molar-refractivity contribution in [3.63, 3.8) is 0 Å². The third kappa shape index (κ3) is 2.67. The fourth-order valence-corrected chi connectivity index (χ4v) is 3.47. The summed E-state index contributed by atoms with van der Waals surface area (Å²) in [5, 5.41) is 1.21. The maximum atomic E-state index is 6.32. The fourth-order valence-electron chi connectivity index (χ4n) is 3.06. The fraction of sp³-hybridized carbons (Fsp3) is 0.571. The quantitative estimate of drug-likeness (QED) is 0.636. The van der Waals surface area contributed by atoms with Gasteiger partial charge in [-0.25, -0.2) is 0 Å². The van der Waals surface area contributed by atoms with Gasteiger partial charge in [-0.2, -0.15) is 0 Å². The average molecular weight is 287 g/mol. The minimum atomic E-state index is 0.0593. The van der Waals surface area contributed by atoms with Crippen LogP contribution < -0.4 is 11.3 Å². The van der Waals surface area contributed by atoms with E-state index in [9.17, 15) is 0 Å². The highest BCUT2D eigenvalue weighted by Crippen LogP contribution is 2.47. The van der Waals surface area contributed by atoms with Crippen LogP contribution >= 0.6 is 23.2 Å². The predicted molar refractivity (Wildman–Crippen MR) is 77.7 cm³/mol. The van der Waals surface area contributed by atoms with Gasteiger partial charge in [0.05, 0.1) is 16.1 Å². The predicted octanol–water partition coefficient (Wildman–Crippen LogP) is 4.47. The molecule has 0 amide bonds. The summed E-state index contributed by atoms with van der Waals surface area (Å²) in [7, 11) is 0. The van der Waals surface area contributed by atoms with E-state index < -0.39 is 0 Å². The van der Waals surface area contributed by atoms with Crippen LogP contribution in [-0.2, 0) is 0 Å². The molecule has 1 aromatic rings. The lowest BCUT2D eigenvalue weighted by molar-refractivity contribution is 0.145. The molecule has 100 valence electrons. The number of nitrogens with one attached hydrogen (secondary N) is 1. The number of rotatable bonds is 3. The molecule has 0 spiro atoms. The van der Waals surface area contributed by atoms with Gasteiger partial charge in [0.15, 0.2) is 0 Å². The van der Waals surface area contributed by atoms with Crippen molar-refractivity contribution in [1.29, 1.82) is 0 Å². The lowest BCUT2D eigenvalue weighted by Gasteiger charge is -2.41. The van der Waals surface area contributed by atoms with Crippen molar-refractivity contribution in [2.45, 2.75) is 45.1 Å². The van der Waals surface area contributed by atoms with Gasteiger partial charge >= 0.3 is 0 Å². The van der Waals surface area contributed by atoms with E-state index in [4.69, 9.17) is 29.0 Å². The second-order valence-electron chi connectivity index (χ2n) is 5.46. The van der Waals surface area contributed by atoms with E-state index >= 15 is 0 Å². The van der Waals surface area contributed by atoms with E-state index in [2.05, 4.69) is 12.3 Å². The van der Waals surface area contributed by atoms with E-state index in [1.807, 2.05) is 18.2 Å². The van der Waals surface area contributed by atoms with Crippen LogP contribution in [0.25, 0.3) is 0 Å². The molecular formula is C14H20Cl2N2. The molecule has 0 heterocycles. The van der Waals surface area contributed by atoms with Gasteiger partial charge in [0.25, 0.3) is 0 Å². The van der Waals surface area contributed by atoms with Gasteiger partial charge in [-0.15, -0.1) is 0 Å². The molecule has 2 rings (SSSR count). The average Bonchev–Trinajstić information content (AvgIpc) is 2.36. The first kappa shape index (κ1) is 14.1. The maximum absolute atomic E-state index is 6.32. The zero-order chi connectivity index (χ0) is 13.2. The standard InChI is InChI=1S/C14H20Cl2N2/c1-14(8-3-2-4-9-14)13(18-17)10-6-5-7-11(15)12(10)16/h5-7,13,18H,2-4,8-9,17H2,1H3. The van der Waals surface area contributed by atoms with E-state index in [1.165, 1.54) is 32.1 Å². The molecule has 1 atom stereocenters. The highest BCUT2D eigenvalue weighted by atomic mass is 35.5. The lowest BCUT2D eigenvalue weighted by atomic mass is 9.69. The Morgan fingerprint density at radius 2 is 1.89 bits per heavy atom. The number of benzene rings is 1. The Morgan fingerprint density at radius 1 is 1.22 bits per heavy atom. The summed E-state index contributed by atoms with van der Waals surface area (Å²) in [6.07, 6.45) is 6.17. The molecule has 1 aliphatic carbocycles. The molecule has 0 aliphatic heterocycles. The molecule has 18 heavy (non-hydrogen) atoms. The van der Waals surface area contributed by atoms with Crippen LogP contribution in [0.1, 0.15) is 50.6 Å². The highest BCUT2D eigenvalue weighted by molar-refractivity contribution is 6.42. The Kier molecular flexibility index (Phi) is 4.54. The second-order valence-corrected chi connectivity index (χ2v) is 6.24. The molecular weight excluding hydrogens is 267 g/mol. The monoisotopic (exact) mass is 286 g/mol. The van der Waals surface area contributed by atoms with Crippen LogP contribution in [0, 0.1) is 5.41 Å². The number of nitrogens with two attached hydrogens (primary N) is 1. The molecule has 1 unspecified atom stereocenters. The van der Waals surface area contributed by atoms with Gasteiger partial charge in [-0.1, -0.05) is 61.5 Å². The molecule has 1 saturated carbocycles. The van der Waals surface area contributed by atoms with E-state index in [-0.39, 0.29) is 11.5 Å². The third-order valence-corrected chi connectivity index (χ3v) is 4.99. The lowest BCUT2D eigenvalue weighted by Crippen LogP contribution is -2.41. The molecule has 0 saturated heterocycles. The Hall–Kier alpha value is -0.280. The summed E-state index contributed by atoms with van der Waals surface area (Å²) < 4.78 is 0. The van der Waals surface area contributed by atoms with Crippen molar-refractivity contribution in [2.24, 2.45) is 11.3 Å². The summed E-state index contributed by atoms with van der Waals surface area (Å²) in [5.74, 6) is 5.79. The Morgan fingerprint density at radius 3 is 2.50 bits per heavy atom. The van der Waals surface area contributed by atoms with Crippen molar-refractivity contribution >= 4 is 23.2 Å². The summed E-state index contributed by atoms with van der Waals surface area (Å²) in [6.45, 7) is 2.29. The van der Waals surface area contributed by atoms with Gasteiger partial charge in [-0.05, 0) is 29.9 Å². The van der Waals surface area contributed by atoms with Crippen molar-refractivity contribution in [3.05, 3.63) is 33.8 Å². The van der Waals surface area contributed by atoms with E-state index in [0.717, 1.165) is 5.56 Å². The van der Waals surface area contributed by atoms with Gasteiger partial charge < -0.3 is 0 Å². The SMILES string of the molecule is CC1(C(NN)c2cccc(Cl)c2Cl)CCCCC1. The second kappa shape index (κ2) is 5.79. The molecule has 3 N–H and O–H groups in total. The summed E-state index contributed by atoms with van der Waals surface area (Å²) >= 11 is 12.4. The molecule has 2 nitrogen and oxygen atoms in total. The number of hydrogen-bond donors (Lipinski definition) is 2. The Bertz CT molecular complexity index is 414. The number of hydrazine groups is 1. The molecule has 1 aliphatic rings. The first-order valence-electron chi connectivity index (χ1n) is 6.48. The Balaban J connectivity index is 2.35. The third-order valence-electron chi connectivity index (χ3n) is 4.15. The van der Waals surface area contributed by atoms with Crippen LogP contribution in [0.15, 0.2) is 18.2 Å². The maximum Gasteiger partial charge on any atom is 0.0640 e. The molecule has 1 fully saturated rings. The smallest absolute Gasteiger partial charge is 0.0640 e. The van der Waals surface area contributed by atoms with Crippen LogP contribution in [0.5, 0.6) is 0 Å².